The van der Waals surface area contributed by atoms with Crippen LogP contribution in [0.1, 0.15) is 11.1 Å². The van der Waals surface area contributed by atoms with Crippen LogP contribution >= 0.6 is 0 Å². The summed E-state index contributed by atoms with van der Waals surface area (Å²) in [4.78, 5) is 22.7. The summed E-state index contributed by atoms with van der Waals surface area (Å²) in [6.07, 6.45) is 3.88. The zero-order valence-corrected chi connectivity index (χ0v) is 9.78. The van der Waals surface area contributed by atoms with E-state index in [1.807, 2.05) is 32.0 Å². The van der Waals surface area contributed by atoms with Crippen molar-refractivity contribution < 1.29 is 9.59 Å². The minimum absolute atomic E-state index is 0.170. The molecule has 3 heteroatoms. The maximum absolute atomic E-state index is 11.6. The van der Waals surface area contributed by atoms with Crippen LogP contribution in [0.2, 0.25) is 0 Å². The van der Waals surface area contributed by atoms with E-state index in [4.69, 9.17) is 0 Å². The SMILES string of the molecule is Cc1ccc(NC2=CC(=O)C=CC2=O)c(C)c1. The molecule has 0 aliphatic heterocycles. The predicted octanol–water partition coefficient (Wildman–Crippen LogP) is 2.31. The second kappa shape index (κ2) is 4.37. The zero-order valence-electron chi connectivity index (χ0n) is 9.78. The number of hydrogen-bond donors (Lipinski definition) is 1. The molecule has 1 aliphatic carbocycles. The lowest BCUT2D eigenvalue weighted by atomic mass is 10.1. The number of ketones is 2. The lowest BCUT2D eigenvalue weighted by Crippen LogP contribution is -2.15. The Morgan fingerprint density at radius 3 is 2.53 bits per heavy atom. The standard InChI is InChI=1S/C14H13NO2/c1-9-3-5-12(10(2)7-9)15-13-8-11(16)4-6-14(13)17/h3-8,15H,1-2H3. The number of carbonyl (C=O) groups excluding carboxylic acids is 2. The van der Waals surface area contributed by atoms with Crippen molar-refractivity contribution in [3.63, 3.8) is 0 Å². The molecule has 0 spiro atoms. The first-order chi connectivity index (χ1) is 8.06. The highest BCUT2D eigenvalue weighted by Crippen LogP contribution is 2.19. The Balaban J connectivity index is 2.27. The van der Waals surface area contributed by atoms with Gasteiger partial charge in [0.1, 0.15) is 0 Å². The van der Waals surface area contributed by atoms with Gasteiger partial charge in [0, 0.05) is 11.8 Å². The van der Waals surface area contributed by atoms with Crippen molar-refractivity contribution in [1.29, 1.82) is 0 Å². The maximum Gasteiger partial charge on any atom is 0.202 e. The van der Waals surface area contributed by atoms with Crippen molar-refractivity contribution in [3.05, 3.63) is 53.3 Å². The van der Waals surface area contributed by atoms with E-state index < -0.39 is 0 Å². The molecular weight excluding hydrogens is 214 g/mol. The van der Waals surface area contributed by atoms with Crippen LogP contribution in [0, 0.1) is 13.8 Å². The summed E-state index contributed by atoms with van der Waals surface area (Å²) in [6.45, 7) is 3.97. The number of aryl methyl sites for hydroxylation is 2. The molecule has 17 heavy (non-hydrogen) atoms. The average molecular weight is 227 g/mol. The molecule has 0 unspecified atom stereocenters. The Morgan fingerprint density at radius 2 is 1.82 bits per heavy atom. The summed E-state index contributed by atoms with van der Waals surface area (Å²) in [5.74, 6) is -0.346. The second-order valence-corrected chi connectivity index (χ2v) is 4.10. The number of anilines is 1. The van der Waals surface area contributed by atoms with E-state index in [9.17, 15) is 9.59 Å². The van der Waals surface area contributed by atoms with E-state index in [0.29, 0.717) is 5.70 Å². The first-order valence-electron chi connectivity index (χ1n) is 5.38. The normalized spacial score (nSPS) is 14.8. The number of carbonyl (C=O) groups is 2. The third kappa shape index (κ3) is 2.50. The van der Waals surface area contributed by atoms with Gasteiger partial charge in [0.15, 0.2) is 5.78 Å². The van der Waals surface area contributed by atoms with Crippen molar-refractivity contribution >= 4 is 17.3 Å². The van der Waals surface area contributed by atoms with Crippen LogP contribution in [-0.4, -0.2) is 11.6 Å². The number of nitrogens with one attached hydrogen (secondary N) is 1. The largest absolute Gasteiger partial charge is 0.352 e. The van der Waals surface area contributed by atoms with Crippen LogP contribution in [0.25, 0.3) is 0 Å². The topological polar surface area (TPSA) is 46.2 Å². The molecule has 0 amide bonds. The molecule has 0 saturated heterocycles. The quantitative estimate of drug-likeness (QED) is 0.788. The van der Waals surface area contributed by atoms with Gasteiger partial charge in [0.25, 0.3) is 0 Å². The molecule has 0 aromatic heterocycles. The Kier molecular flexibility index (Phi) is 2.91. The minimum Gasteiger partial charge on any atom is -0.352 e. The average Bonchev–Trinajstić information content (AvgIpc) is 2.27. The van der Waals surface area contributed by atoms with Gasteiger partial charge in [-0.15, -0.1) is 0 Å². The summed E-state index contributed by atoms with van der Waals surface area (Å²) < 4.78 is 0. The van der Waals surface area contributed by atoms with Gasteiger partial charge in [-0.05, 0) is 37.6 Å². The molecule has 1 aromatic rings. The van der Waals surface area contributed by atoms with E-state index in [-0.39, 0.29) is 11.6 Å². The van der Waals surface area contributed by atoms with Crippen LogP contribution < -0.4 is 5.32 Å². The molecule has 1 aromatic carbocycles. The third-order valence-electron chi connectivity index (χ3n) is 2.60. The van der Waals surface area contributed by atoms with Gasteiger partial charge < -0.3 is 5.32 Å². The summed E-state index contributed by atoms with van der Waals surface area (Å²) in [5, 5.41) is 3.00. The first-order valence-corrected chi connectivity index (χ1v) is 5.38. The smallest absolute Gasteiger partial charge is 0.202 e. The van der Waals surface area contributed by atoms with Crippen molar-refractivity contribution in [2.45, 2.75) is 13.8 Å². The summed E-state index contributed by atoms with van der Waals surface area (Å²) >= 11 is 0. The Bertz CT molecular complexity index is 553. The summed E-state index contributed by atoms with van der Waals surface area (Å²) in [6, 6.07) is 5.89. The molecule has 3 nitrogen and oxygen atoms in total. The van der Waals surface area contributed by atoms with E-state index in [0.717, 1.165) is 16.8 Å². The van der Waals surface area contributed by atoms with Crippen LogP contribution in [0.5, 0.6) is 0 Å². The number of benzene rings is 1. The maximum atomic E-state index is 11.6. The van der Waals surface area contributed by atoms with Crippen LogP contribution in [-0.2, 0) is 9.59 Å². The predicted molar refractivity (Wildman–Crippen MR) is 66.8 cm³/mol. The molecule has 0 bridgehead atoms. The fourth-order valence-corrected chi connectivity index (χ4v) is 1.71. The van der Waals surface area contributed by atoms with Crippen molar-refractivity contribution in [1.82, 2.24) is 0 Å². The van der Waals surface area contributed by atoms with E-state index in [1.165, 1.54) is 18.2 Å². The molecular formula is C14H13NO2. The highest BCUT2D eigenvalue weighted by molar-refractivity contribution is 6.18. The van der Waals surface area contributed by atoms with Gasteiger partial charge in [-0.1, -0.05) is 17.7 Å². The number of allylic oxidation sites excluding steroid dienone is 3. The Labute approximate surface area is 99.8 Å². The minimum atomic E-state index is -0.176. The summed E-state index contributed by atoms with van der Waals surface area (Å²) in [7, 11) is 0. The number of rotatable bonds is 2. The molecule has 86 valence electrons. The van der Waals surface area contributed by atoms with Gasteiger partial charge in [0.05, 0.1) is 5.70 Å². The highest BCUT2D eigenvalue weighted by Gasteiger charge is 2.13. The Hall–Kier alpha value is -2.16. The van der Waals surface area contributed by atoms with Gasteiger partial charge >= 0.3 is 0 Å². The second-order valence-electron chi connectivity index (χ2n) is 4.10. The van der Waals surface area contributed by atoms with Gasteiger partial charge in [-0.25, -0.2) is 0 Å². The zero-order chi connectivity index (χ0) is 12.4. The molecule has 1 N–H and O–H groups in total. The van der Waals surface area contributed by atoms with Crippen molar-refractivity contribution in [2.24, 2.45) is 0 Å². The molecule has 0 radical (unpaired) electrons. The third-order valence-corrected chi connectivity index (χ3v) is 2.60. The molecule has 0 atom stereocenters. The van der Waals surface area contributed by atoms with Crippen LogP contribution in [0.3, 0.4) is 0 Å². The molecule has 2 rings (SSSR count). The van der Waals surface area contributed by atoms with Crippen LogP contribution in [0.15, 0.2) is 42.1 Å². The fraction of sp³-hybridized carbons (Fsp3) is 0.143. The van der Waals surface area contributed by atoms with Crippen molar-refractivity contribution in [2.75, 3.05) is 5.32 Å². The van der Waals surface area contributed by atoms with Gasteiger partial charge in [-0.3, -0.25) is 9.59 Å². The summed E-state index contributed by atoms with van der Waals surface area (Å²) in [5.41, 5.74) is 3.37. The fourth-order valence-electron chi connectivity index (χ4n) is 1.71. The van der Waals surface area contributed by atoms with Gasteiger partial charge in [0.2, 0.25) is 5.78 Å². The van der Waals surface area contributed by atoms with Crippen molar-refractivity contribution in [3.8, 4) is 0 Å². The van der Waals surface area contributed by atoms with Gasteiger partial charge in [-0.2, -0.15) is 0 Å². The number of hydrogen-bond acceptors (Lipinski definition) is 3. The first kappa shape index (κ1) is 11.3. The lowest BCUT2D eigenvalue weighted by Gasteiger charge is -2.12. The molecule has 0 saturated carbocycles. The van der Waals surface area contributed by atoms with E-state index >= 15 is 0 Å². The monoisotopic (exact) mass is 227 g/mol. The highest BCUT2D eigenvalue weighted by atomic mass is 16.1. The molecule has 1 aliphatic rings. The lowest BCUT2D eigenvalue weighted by molar-refractivity contribution is -0.114. The molecule has 0 fully saturated rings. The van der Waals surface area contributed by atoms with E-state index in [1.54, 1.807) is 0 Å². The van der Waals surface area contributed by atoms with Crippen LogP contribution in [0.4, 0.5) is 5.69 Å². The Morgan fingerprint density at radius 1 is 1.06 bits per heavy atom. The van der Waals surface area contributed by atoms with E-state index in [2.05, 4.69) is 5.32 Å². The molecule has 0 heterocycles.